The minimum absolute atomic E-state index is 0.0947. The average Bonchev–Trinajstić information content (AvgIpc) is 2.29. The number of nitrogens with zero attached hydrogens (tertiary/aromatic N) is 3. The van der Waals surface area contributed by atoms with E-state index in [9.17, 15) is 0 Å². The molecule has 0 aliphatic rings. The maximum Gasteiger partial charge on any atom is 0.158 e. The van der Waals surface area contributed by atoms with Gasteiger partial charge in [-0.2, -0.15) is 0 Å². The van der Waals surface area contributed by atoms with Crippen LogP contribution in [0.1, 0.15) is 26.0 Å². The Labute approximate surface area is 101 Å². The summed E-state index contributed by atoms with van der Waals surface area (Å²) in [5.41, 5.74) is 5.87. The topological polar surface area (TPSA) is 99.1 Å². The third-order valence-electron chi connectivity index (χ3n) is 2.39. The Morgan fingerprint density at radius 2 is 2.12 bits per heavy atom. The predicted molar refractivity (Wildman–Crippen MR) is 67.2 cm³/mol. The number of nitrogens with one attached hydrogen (secondary N) is 1. The molecule has 94 valence electrons. The van der Waals surface area contributed by atoms with Gasteiger partial charge < -0.3 is 15.7 Å². The maximum absolute atomic E-state index is 8.89. The fraction of sp³-hybridized carbons (Fsp3) is 0.545. The third-order valence-corrected chi connectivity index (χ3v) is 2.39. The zero-order valence-corrected chi connectivity index (χ0v) is 10.2. The van der Waals surface area contributed by atoms with Crippen molar-refractivity contribution in [1.29, 1.82) is 5.41 Å². The zero-order valence-electron chi connectivity index (χ0n) is 10.2. The molecular weight excluding hydrogens is 218 g/mol. The van der Waals surface area contributed by atoms with E-state index in [1.807, 2.05) is 18.7 Å². The normalized spacial score (nSPS) is 10.6. The first-order chi connectivity index (χ1) is 8.07. The summed E-state index contributed by atoms with van der Waals surface area (Å²) in [6, 6.07) is 0.205. The van der Waals surface area contributed by atoms with Crippen molar-refractivity contribution in [1.82, 2.24) is 9.97 Å². The molecule has 6 heteroatoms. The molecule has 4 N–H and O–H groups in total. The fourth-order valence-corrected chi connectivity index (χ4v) is 1.58. The first-order valence-corrected chi connectivity index (χ1v) is 5.60. The van der Waals surface area contributed by atoms with E-state index in [-0.39, 0.29) is 18.5 Å². The number of aromatic nitrogens is 2. The SMILES string of the molecule is CC(C)N(CCCO)c1nccnc1C(=N)N. The maximum atomic E-state index is 8.89. The van der Waals surface area contributed by atoms with Gasteiger partial charge in [0.2, 0.25) is 0 Å². The van der Waals surface area contributed by atoms with Crippen molar-refractivity contribution in [2.24, 2.45) is 5.73 Å². The third kappa shape index (κ3) is 3.39. The van der Waals surface area contributed by atoms with E-state index >= 15 is 0 Å². The Balaban J connectivity index is 3.04. The molecule has 0 spiro atoms. The number of aliphatic hydroxyl groups is 1. The van der Waals surface area contributed by atoms with Crippen LogP contribution in [-0.4, -0.2) is 40.1 Å². The van der Waals surface area contributed by atoms with Gasteiger partial charge in [-0.1, -0.05) is 0 Å². The highest BCUT2D eigenvalue weighted by Gasteiger charge is 2.17. The standard InChI is InChI=1S/C11H19N5O/c1-8(2)16(6-3-7-17)11-9(10(12)13)14-4-5-15-11/h4-5,8,17H,3,6-7H2,1-2H3,(H3,12,13). The van der Waals surface area contributed by atoms with Gasteiger partial charge in [0.1, 0.15) is 11.5 Å². The number of rotatable bonds is 6. The molecule has 0 aliphatic carbocycles. The van der Waals surface area contributed by atoms with Gasteiger partial charge in [-0.3, -0.25) is 5.41 Å². The molecule has 0 aromatic carbocycles. The summed E-state index contributed by atoms with van der Waals surface area (Å²) < 4.78 is 0. The Kier molecular flexibility index (Phi) is 4.84. The molecule has 0 saturated carbocycles. The highest BCUT2D eigenvalue weighted by Crippen LogP contribution is 2.17. The van der Waals surface area contributed by atoms with Crippen LogP contribution < -0.4 is 10.6 Å². The van der Waals surface area contributed by atoms with Crippen LogP contribution in [0.3, 0.4) is 0 Å². The van der Waals surface area contributed by atoms with E-state index in [0.29, 0.717) is 24.5 Å². The first-order valence-electron chi connectivity index (χ1n) is 5.60. The number of amidine groups is 1. The van der Waals surface area contributed by atoms with E-state index in [1.165, 1.54) is 6.20 Å². The van der Waals surface area contributed by atoms with Gasteiger partial charge in [-0.15, -0.1) is 0 Å². The number of hydrogen-bond acceptors (Lipinski definition) is 5. The van der Waals surface area contributed by atoms with E-state index < -0.39 is 0 Å². The highest BCUT2D eigenvalue weighted by molar-refractivity contribution is 5.97. The van der Waals surface area contributed by atoms with Crippen LogP contribution in [0.4, 0.5) is 5.82 Å². The summed E-state index contributed by atoms with van der Waals surface area (Å²) in [5, 5.41) is 16.4. The van der Waals surface area contributed by atoms with Gasteiger partial charge in [0.05, 0.1) is 0 Å². The van der Waals surface area contributed by atoms with Gasteiger partial charge in [0.15, 0.2) is 5.82 Å². The lowest BCUT2D eigenvalue weighted by atomic mass is 10.2. The first kappa shape index (κ1) is 13.4. The van der Waals surface area contributed by atoms with Crippen molar-refractivity contribution in [3.05, 3.63) is 18.1 Å². The van der Waals surface area contributed by atoms with Crippen LogP contribution in [0.15, 0.2) is 12.4 Å². The number of nitrogens with two attached hydrogens (primary N) is 1. The lowest BCUT2D eigenvalue weighted by Gasteiger charge is -2.28. The minimum Gasteiger partial charge on any atom is -0.396 e. The van der Waals surface area contributed by atoms with Gasteiger partial charge in [-0.05, 0) is 20.3 Å². The van der Waals surface area contributed by atoms with Crippen molar-refractivity contribution in [3.8, 4) is 0 Å². The molecule has 0 fully saturated rings. The second kappa shape index (κ2) is 6.15. The Bertz CT molecular complexity index is 380. The molecule has 17 heavy (non-hydrogen) atoms. The van der Waals surface area contributed by atoms with Crippen LogP contribution in [0.2, 0.25) is 0 Å². The van der Waals surface area contributed by atoms with E-state index in [4.69, 9.17) is 16.2 Å². The number of hydrogen-bond donors (Lipinski definition) is 3. The van der Waals surface area contributed by atoms with Crippen LogP contribution in [0.5, 0.6) is 0 Å². The van der Waals surface area contributed by atoms with Crippen molar-refractivity contribution in [2.45, 2.75) is 26.3 Å². The van der Waals surface area contributed by atoms with Crippen molar-refractivity contribution in [2.75, 3.05) is 18.1 Å². The summed E-state index contributed by atoms with van der Waals surface area (Å²) >= 11 is 0. The molecule has 0 unspecified atom stereocenters. The van der Waals surface area contributed by atoms with E-state index in [0.717, 1.165) is 0 Å². The molecule has 0 atom stereocenters. The second-order valence-electron chi connectivity index (χ2n) is 4.01. The lowest BCUT2D eigenvalue weighted by Crippen LogP contribution is -2.35. The minimum atomic E-state index is -0.0947. The molecule has 0 radical (unpaired) electrons. The summed E-state index contributed by atoms with van der Waals surface area (Å²) in [7, 11) is 0. The van der Waals surface area contributed by atoms with Gasteiger partial charge >= 0.3 is 0 Å². The second-order valence-corrected chi connectivity index (χ2v) is 4.01. The molecule has 0 saturated heterocycles. The average molecular weight is 237 g/mol. The van der Waals surface area contributed by atoms with Crippen molar-refractivity contribution in [3.63, 3.8) is 0 Å². The van der Waals surface area contributed by atoms with Crippen LogP contribution in [0, 0.1) is 5.41 Å². The number of anilines is 1. The number of aliphatic hydroxyl groups excluding tert-OH is 1. The molecule has 1 rings (SSSR count). The van der Waals surface area contributed by atoms with E-state index in [2.05, 4.69) is 9.97 Å². The summed E-state index contributed by atoms with van der Waals surface area (Å²) in [6.07, 6.45) is 3.74. The van der Waals surface area contributed by atoms with Crippen LogP contribution in [0.25, 0.3) is 0 Å². The number of nitrogen functional groups attached to an aromatic ring is 1. The van der Waals surface area contributed by atoms with Gasteiger partial charge in [-0.25, -0.2) is 9.97 Å². The molecule has 6 nitrogen and oxygen atoms in total. The molecule has 1 heterocycles. The Morgan fingerprint density at radius 3 is 2.65 bits per heavy atom. The summed E-state index contributed by atoms with van der Waals surface area (Å²) in [4.78, 5) is 10.3. The highest BCUT2D eigenvalue weighted by atomic mass is 16.3. The Morgan fingerprint density at radius 1 is 1.47 bits per heavy atom. The summed E-state index contributed by atoms with van der Waals surface area (Å²) in [6.45, 7) is 4.83. The predicted octanol–water partition coefficient (Wildman–Crippen LogP) is 0.358. The van der Waals surface area contributed by atoms with Crippen LogP contribution in [-0.2, 0) is 0 Å². The Hall–Kier alpha value is -1.69. The zero-order chi connectivity index (χ0) is 12.8. The quantitative estimate of drug-likeness (QED) is 0.490. The molecule has 0 aliphatic heterocycles. The van der Waals surface area contributed by atoms with Gasteiger partial charge in [0, 0.05) is 31.6 Å². The molecular formula is C11H19N5O. The fourth-order valence-electron chi connectivity index (χ4n) is 1.58. The monoisotopic (exact) mass is 237 g/mol. The molecule has 0 amide bonds. The van der Waals surface area contributed by atoms with E-state index in [1.54, 1.807) is 6.20 Å². The van der Waals surface area contributed by atoms with Crippen LogP contribution >= 0.6 is 0 Å². The van der Waals surface area contributed by atoms with Crippen molar-refractivity contribution < 1.29 is 5.11 Å². The molecule has 1 aromatic rings. The molecule has 0 bridgehead atoms. The largest absolute Gasteiger partial charge is 0.396 e. The summed E-state index contributed by atoms with van der Waals surface area (Å²) in [5.74, 6) is 0.506. The molecule has 1 aromatic heterocycles. The van der Waals surface area contributed by atoms with Crippen molar-refractivity contribution >= 4 is 11.7 Å². The smallest absolute Gasteiger partial charge is 0.158 e. The van der Waals surface area contributed by atoms with Gasteiger partial charge in [0.25, 0.3) is 0 Å². The lowest BCUT2D eigenvalue weighted by molar-refractivity contribution is 0.288.